The van der Waals surface area contributed by atoms with Crippen molar-refractivity contribution in [1.29, 1.82) is 0 Å². The number of hydrogen-bond acceptors (Lipinski definition) is 3. The van der Waals surface area contributed by atoms with Gasteiger partial charge in [-0.25, -0.2) is 0 Å². The van der Waals surface area contributed by atoms with E-state index in [-0.39, 0.29) is 0 Å². The molecule has 1 saturated carbocycles. The van der Waals surface area contributed by atoms with E-state index in [1.54, 1.807) is 0 Å². The fourth-order valence-corrected chi connectivity index (χ4v) is 4.75. The number of fused-ring (bicyclic) bond motifs is 2. The van der Waals surface area contributed by atoms with Gasteiger partial charge in [-0.15, -0.1) is 0 Å². The van der Waals surface area contributed by atoms with Gasteiger partial charge in [0.15, 0.2) is 0 Å². The van der Waals surface area contributed by atoms with Gasteiger partial charge < -0.3 is 10.4 Å². The Hall–Kier alpha value is -0.120. The molecule has 20 heavy (non-hydrogen) atoms. The summed E-state index contributed by atoms with van der Waals surface area (Å²) in [6.07, 6.45) is 12.3. The number of hydrogen-bond donors (Lipinski definition) is 2. The van der Waals surface area contributed by atoms with E-state index in [1.165, 1.54) is 51.4 Å². The van der Waals surface area contributed by atoms with E-state index in [1.807, 2.05) is 0 Å². The van der Waals surface area contributed by atoms with Crippen LogP contribution in [0.25, 0.3) is 0 Å². The monoisotopic (exact) mass is 280 g/mol. The molecule has 3 rings (SSSR count). The van der Waals surface area contributed by atoms with Gasteiger partial charge in [0.1, 0.15) is 0 Å². The molecule has 2 unspecified atom stereocenters. The smallest absolute Gasteiger partial charge is 0.0774 e. The largest absolute Gasteiger partial charge is 0.389 e. The zero-order chi connectivity index (χ0) is 14.0. The minimum atomic E-state index is -0.392. The number of rotatable bonds is 5. The third-order valence-corrected chi connectivity index (χ3v) is 5.76. The van der Waals surface area contributed by atoms with E-state index in [0.717, 1.165) is 38.0 Å². The van der Waals surface area contributed by atoms with Gasteiger partial charge in [-0.3, -0.25) is 4.90 Å². The molecule has 0 aromatic heterocycles. The molecule has 3 fully saturated rings. The number of aliphatic hydroxyl groups is 1. The van der Waals surface area contributed by atoms with Crippen LogP contribution in [0.5, 0.6) is 0 Å². The third-order valence-electron chi connectivity index (χ3n) is 5.76. The molecule has 2 saturated heterocycles. The summed E-state index contributed by atoms with van der Waals surface area (Å²) in [6.45, 7) is 4.35. The molecule has 3 nitrogen and oxygen atoms in total. The second-order valence-corrected chi connectivity index (χ2v) is 7.52. The van der Waals surface area contributed by atoms with Crippen LogP contribution < -0.4 is 5.32 Å². The summed E-state index contributed by atoms with van der Waals surface area (Å²) in [7, 11) is 0. The van der Waals surface area contributed by atoms with E-state index in [4.69, 9.17) is 0 Å². The zero-order valence-electron chi connectivity index (χ0n) is 13.1. The van der Waals surface area contributed by atoms with Crippen LogP contribution in [0.1, 0.15) is 71.1 Å². The Labute approximate surface area is 124 Å². The summed E-state index contributed by atoms with van der Waals surface area (Å²) < 4.78 is 0. The summed E-state index contributed by atoms with van der Waals surface area (Å²) in [6, 6.07) is 2.21. The van der Waals surface area contributed by atoms with Gasteiger partial charge in [0.2, 0.25) is 0 Å². The number of nitrogens with zero attached hydrogens (tertiary/aromatic N) is 1. The van der Waals surface area contributed by atoms with Gasteiger partial charge in [0, 0.05) is 24.7 Å². The fraction of sp³-hybridized carbons (Fsp3) is 1.00. The second-order valence-electron chi connectivity index (χ2n) is 7.52. The SMILES string of the molecule is CCCN(CC1(O)CCCCC1)C1CC2CCC(C1)N2. The molecule has 0 amide bonds. The van der Waals surface area contributed by atoms with Crippen molar-refractivity contribution in [2.24, 2.45) is 0 Å². The maximum atomic E-state index is 10.9. The van der Waals surface area contributed by atoms with Crippen LogP contribution in [-0.2, 0) is 0 Å². The van der Waals surface area contributed by atoms with Crippen LogP contribution in [0.2, 0.25) is 0 Å². The molecule has 0 aromatic rings. The van der Waals surface area contributed by atoms with Crippen LogP contribution in [-0.4, -0.2) is 46.8 Å². The predicted molar refractivity (Wildman–Crippen MR) is 82.9 cm³/mol. The molecular weight excluding hydrogens is 248 g/mol. The molecule has 3 heteroatoms. The van der Waals surface area contributed by atoms with Crippen molar-refractivity contribution < 1.29 is 5.11 Å². The van der Waals surface area contributed by atoms with Crippen molar-refractivity contribution in [3.8, 4) is 0 Å². The van der Waals surface area contributed by atoms with Crippen LogP contribution in [0, 0.1) is 0 Å². The standard InChI is InChI=1S/C17H32N2O/c1-2-10-19(13-17(20)8-4-3-5-9-17)16-11-14-6-7-15(12-16)18-14/h14-16,18,20H,2-13H2,1H3. The maximum absolute atomic E-state index is 10.9. The van der Waals surface area contributed by atoms with E-state index < -0.39 is 5.60 Å². The van der Waals surface area contributed by atoms with Gasteiger partial charge >= 0.3 is 0 Å². The molecule has 3 aliphatic rings. The fourth-order valence-electron chi connectivity index (χ4n) is 4.75. The molecule has 116 valence electrons. The maximum Gasteiger partial charge on any atom is 0.0774 e. The van der Waals surface area contributed by atoms with Gasteiger partial charge in [-0.05, 0) is 51.5 Å². The first kappa shape index (κ1) is 14.8. The van der Waals surface area contributed by atoms with Gasteiger partial charge in [0.25, 0.3) is 0 Å². The van der Waals surface area contributed by atoms with Gasteiger partial charge in [0.05, 0.1) is 5.60 Å². The molecule has 2 N–H and O–H groups in total. The predicted octanol–water partition coefficient (Wildman–Crippen LogP) is 2.68. The minimum Gasteiger partial charge on any atom is -0.389 e. The quantitative estimate of drug-likeness (QED) is 0.813. The molecule has 2 atom stereocenters. The van der Waals surface area contributed by atoms with Crippen LogP contribution in [0.4, 0.5) is 0 Å². The highest BCUT2D eigenvalue weighted by molar-refractivity contribution is 4.97. The first-order valence-electron chi connectivity index (χ1n) is 8.91. The van der Waals surface area contributed by atoms with Crippen LogP contribution >= 0.6 is 0 Å². The average Bonchev–Trinajstić information content (AvgIpc) is 2.77. The lowest BCUT2D eigenvalue weighted by atomic mass is 9.83. The topological polar surface area (TPSA) is 35.5 Å². The van der Waals surface area contributed by atoms with E-state index in [2.05, 4.69) is 17.1 Å². The molecule has 1 aliphatic carbocycles. The Morgan fingerprint density at radius 3 is 2.35 bits per heavy atom. The van der Waals surface area contributed by atoms with E-state index >= 15 is 0 Å². The van der Waals surface area contributed by atoms with Gasteiger partial charge in [-0.2, -0.15) is 0 Å². The Bertz CT molecular complexity index is 302. The van der Waals surface area contributed by atoms with Crippen molar-refractivity contribution in [2.75, 3.05) is 13.1 Å². The molecule has 0 aromatic carbocycles. The Morgan fingerprint density at radius 1 is 1.10 bits per heavy atom. The first-order valence-corrected chi connectivity index (χ1v) is 8.91. The number of nitrogens with one attached hydrogen (secondary N) is 1. The molecule has 2 bridgehead atoms. The lowest BCUT2D eigenvalue weighted by Gasteiger charge is -2.43. The lowest BCUT2D eigenvalue weighted by Crippen LogP contribution is -2.53. The Morgan fingerprint density at radius 2 is 1.75 bits per heavy atom. The summed E-state index contributed by atoms with van der Waals surface area (Å²) >= 11 is 0. The highest BCUT2D eigenvalue weighted by Crippen LogP contribution is 2.33. The molecule has 2 aliphatic heterocycles. The zero-order valence-corrected chi connectivity index (χ0v) is 13.1. The highest BCUT2D eigenvalue weighted by atomic mass is 16.3. The van der Waals surface area contributed by atoms with E-state index in [9.17, 15) is 5.11 Å². The lowest BCUT2D eigenvalue weighted by molar-refractivity contribution is -0.0407. The van der Waals surface area contributed by atoms with Crippen LogP contribution in [0.3, 0.4) is 0 Å². The highest BCUT2D eigenvalue weighted by Gasteiger charge is 2.39. The molecule has 2 heterocycles. The average molecular weight is 280 g/mol. The third kappa shape index (κ3) is 3.37. The molecular formula is C17H32N2O. The van der Waals surface area contributed by atoms with Crippen molar-refractivity contribution >= 4 is 0 Å². The van der Waals surface area contributed by atoms with Crippen molar-refractivity contribution in [3.63, 3.8) is 0 Å². The number of piperidine rings is 1. The normalized spacial score (nSPS) is 36.5. The van der Waals surface area contributed by atoms with Gasteiger partial charge in [-0.1, -0.05) is 26.2 Å². The Balaban J connectivity index is 1.62. The molecule has 0 radical (unpaired) electrons. The van der Waals surface area contributed by atoms with Crippen LogP contribution in [0.15, 0.2) is 0 Å². The van der Waals surface area contributed by atoms with Crippen molar-refractivity contribution in [3.05, 3.63) is 0 Å². The summed E-state index contributed by atoms with van der Waals surface area (Å²) in [4.78, 5) is 2.64. The van der Waals surface area contributed by atoms with Crippen molar-refractivity contribution in [2.45, 2.75) is 94.9 Å². The second kappa shape index (κ2) is 6.33. The molecule has 0 spiro atoms. The summed E-state index contributed by atoms with van der Waals surface area (Å²) in [5.41, 5.74) is -0.392. The Kier molecular flexibility index (Phi) is 4.68. The summed E-state index contributed by atoms with van der Waals surface area (Å²) in [5, 5.41) is 14.6. The summed E-state index contributed by atoms with van der Waals surface area (Å²) in [5.74, 6) is 0. The van der Waals surface area contributed by atoms with E-state index in [0.29, 0.717) is 6.04 Å². The van der Waals surface area contributed by atoms with Crippen molar-refractivity contribution in [1.82, 2.24) is 10.2 Å². The minimum absolute atomic E-state index is 0.392. The first-order chi connectivity index (χ1) is 9.68.